The van der Waals surface area contributed by atoms with Crippen LogP contribution in [0.3, 0.4) is 0 Å². The third-order valence-corrected chi connectivity index (χ3v) is 2.44. The summed E-state index contributed by atoms with van der Waals surface area (Å²) < 4.78 is 0. The zero-order valence-corrected chi connectivity index (χ0v) is 16.5. The quantitative estimate of drug-likeness (QED) is 0.555. The molecular formula is C20H40O4. The summed E-state index contributed by atoms with van der Waals surface area (Å²) in [5.41, 5.74) is 1.16. The molecule has 4 N–H and O–H groups in total. The van der Waals surface area contributed by atoms with E-state index in [-0.39, 0.29) is 25.2 Å². The highest BCUT2D eigenvalue weighted by atomic mass is 16.3. The number of aliphatic hydroxyl groups is 4. The van der Waals surface area contributed by atoms with Crippen molar-refractivity contribution in [3.05, 3.63) is 49.6 Å². The molecule has 144 valence electrons. The van der Waals surface area contributed by atoms with Crippen LogP contribution in [-0.2, 0) is 0 Å². The Bertz CT molecular complexity index is 325. The molecule has 0 rings (SSSR count). The van der Waals surface area contributed by atoms with Crippen LogP contribution in [0.4, 0.5) is 0 Å². The van der Waals surface area contributed by atoms with Gasteiger partial charge in [0.1, 0.15) is 0 Å². The third-order valence-electron chi connectivity index (χ3n) is 2.44. The minimum absolute atomic E-state index is 0.212. The molecule has 0 radical (unpaired) electrons. The Labute approximate surface area is 149 Å². The van der Waals surface area contributed by atoms with Crippen molar-refractivity contribution in [1.29, 1.82) is 0 Å². The first kappa shape index (κ1) is 30.7. The first-order chi connectivity index (χ1) is 10.8. The van der Waals surface area contributed by atoms with Gasteiger partial charge in [-0.05, 0) is 47.0 Å². The maximum absolute atomic E-state index is 8.71. The normalized spacial score (nSPS) is 11.8. The van der Waals surface area contributed by atoms with Crippen LogP contribution in [0.25, 0.3) is 0 Å². The van der Waals surface area contributed by atoms with Crippen molar-refractivity contribution in [2.45, 2.75) is 59.7 Å². The van der Waals surface area contributed by atoms with Crippen molar-refractivity contribution in [2.24, 2.45) is 5.92 Å². The molecule has 0 saturated carbocycles. The van der Waals surface area contributed by atoms with E-state index in [1.165, 1.54) is 6.08 Å². The van der Waals surface area contributed by atoms with Crippen LogP contribution in [0.2, 0.25) is 0 Å². The first-order valence-corrected chi connectivity index (χ1v) is 7.97. The lowest BCUT2D eigenvalue weighted by atomic mass is 10.1. The fraction of sp³-hybridized carbons (Fsp3) is 0.600. The van der Waals surface area contributed by atoms with Crippen molar-refractivity contribution < 1.29 is 20.4 Å². The molecule has 0 aromatic heterocycles. The van der Waals surface area contributed by atoms with Crippen molar-refractivity contribution >= 4 is 0 Å². The fourth-order valence-corrected chi connectivity index (χ4v) is 0.265. The first-order valence-electron chi connectivity index (χ1n) is 7.97. The lowest BCUT2D eigenvalue weighted by Crippen LogP contribution is -2.12. The second kappa shape index (κ2) is 19.8. The molecule has 0 aliphatic rings. The second-order valence-electron chi connectivity index (χ2n) is 6.21. The van der Waals surface area contributed by atoms with Crippen LogP contribution < -0.4 is 0 Å². The largest absolute Gasteiger partial charge is 0.396 e. The Morgan fingerprint density at radius 1 is 1.08 bits per heavy atom. The van der Waals surface area contributed by atoms with Gasteiger partial charge in [-0.25, -0.2) is 0 Å². The molecule has 0 aliphatic heterocycles. The van der Waals surface area contributed by atoms with Crippen LogP contribution in [0.1, 0.15) is 48.0 Å². The average molecular weight is 345 g/mol. The monoisotopic (exact) mass is 344 g/mol. The molecular weight excluding hydrogens is 304 g/mol. The summed E-state index contributed by atoms with van der Waals surface area (Å²) in [5, 5.41) is 33.7. The van der Waals surface area contributed by atoms with Gasteiger partial charge in [0.25, 0.3) is 0 Å². The lowest BCUT2D eigenvalue weighted by molar-refractivity contribution is 0.133. The van der Waals surface area contributed by atoms with Crippen molar-refractivity contribution in [2.75, 3.05) is 13.2 Å². The molecule has 0 spiro atoms. The summed E-state index contributed by atoms with van der Waals surface area (Å²) in [4.78, 5) is 0. The molecule has 2 atom stereocenters. The summed E-state index contributed by atoms with van der Waals surface area (Å²) in [5.74, 6) is 0.255. The summed E-state index contributed by atoms with van der Waals surface area (Å²) in [6.07, 6.45) is 3.61. The van der Waals surface area contributed by atoms with E-state index in [0.717, 1.165) is 17.6 Å². The number of rotatable bonds is 6. The van der Waals surface area contributed by atoms with E-state index in [1.807, 2.05) is 13.8 Å². The summed E-state index contributed by atoms with van der Waals surface area (Å²) in [7, 11) is 0. The lowest BCUT2D eigenvalue weighted by Gasteiger charge is -2.07. The summed E-state index contributed by atoms with van der Waals surface area (Å²) in [6.45, 7) is 25.0. The molecule has 0 amide bonds. The smallest absolute Gasteiger partial charge is 0.0769 e. The van der Waals surface area contributed by atoms with E-state index >= 15 is 0 Å². The van der Waals surface area contributed by atoms with Crippen LogP contribution in [0.5, 0.6) is 0 Å². The predicted molar refractivity (Wildman–Crippen MR) is 106 cm³/mol. The second-order valence-corrected chi connectivity index (χ2v) is 6.21. The van der Waals surface area contributed by atoms with E-state index in [1.54, 1.807) is 33.8 Å². The Morgan fingerprint density at radius 2 is 1.42 bits per heavy atom. The van der Waals surface area contributed by atoms with Gasteiger partial charge in [0, 0.05) is 13.2 Å². The van der Waals surface area contributed by atoms with Crippen LogP contribution in [0, 0.1) is 5.92 Å². The van der Waals surface area contributed by atoms with Crippen LogP contribution in [0.15, 0.2) is 49.6 Å². The SMILES string of the molecule is C=C(C)C(C)O.C=C(C)CCO.C=CC(C)(C)O.C=CC(C)CO. The highest BCUT2D eigenvalue weighted by molar-refractivity contribution is 4.93. The predicted octanol–water partition coefficient (Wildman–Crippen LogP) is 3.63. The van der Waals surface area contributed by atoms with Crippen molar-refractivity contribution in [1.82, 2.24) is 0 Å². The van der Waals surface area contributed by atoms with Crippen LogP contribution in [-0.4, -0.2) is 45.3 Å². The summed E-state index contributed by atoms with van der Waals surface area (Å²) >= 11 is 0. The molecule has 2 unspecified atom stereocenters. The number of hydrogen-bond donors (Lipinski definition) is 4. The van der Waals surface area contributed by atoms with Crippen LogP contribution >= 0.6 is 0 Å². The average Bonchev–Trinajstić information content (AvgIpc) is 2.47. The molecule has 0 aromatic rings. The highest BCUT2D eigenvalue weighted by Crippen LogP contribution is 1.98. The zero-order chi connectivity index (χ0) is 20.3. The maximum Gasteiger partial charge on any atom is 0.0769 e. The Balaban J connectivity index is -0.000000111. The maximum atomic E-state index is 8.71. The minimum Gasteiger partial charge on any atom is -0.396 e. The topological polar surface area (TPSA) is 80.9 Å². The van der Waals surface area contributed by atoms with E-state index in [2.05, 4.69) is 26.3 Å². The minimum atomic E-state index is -0.694. The van der Waals surface area contributed by atoms with Gasteiger partial charge < -0.3 is 20.4 Å². The number of aliphatic hydroxyl groups excluding tert-OH is 3. The van der Waals surface area contributed by atoms with E-state index < -0.39 is 5.60 Å². The summed E-state index contributed by atoms with van der Waals surface area (Å²) in [6, 6.07) is 0. The number of hydrogen-bond acceptors (Lipinski definition) is 4. The zero-order valence-electron chi connectivity index (χ0n) is 16.5. The molecule has 0 heterocycles. The van der Waals surface area contributed by atoms with Gasteiger partial charge in [-0.2, -0.15) is 0 Å². The third kappa shape index (κ3) is 49.8. The van der Waals surface area contributed by atoms with Gasteiger partial charge in [-0.1, -0.05) is 36.8 Å². The molecule has 4 nitrogen and oxygen atoms in total. The van der Waals surface area contributed by atoms with Gasteiger partial charge >= 0.3 is 0 Å². The van der Waals surface area contributed by atoms with Gasteiger partial charge in [-0.15, -0.1) is 19.7 Å². The molecule has 0 aromatic carbocycles. The van der Waals surface area contributed by atoms with Gasteiger partial charge in [0.2, 0.25) is 0 Å². The molecule has 4 heteroatoms. The molecule has 0 bridgehead atoms. The van der Waals surface area contributed by atoms with Gasteiger partial charge in [0.15, 0.2) is 0 Å². The molecule has 24 heavy (non-hydrogen) atoms. The van der Waals surface area contributed by atoms with Gasteiger partial charge in [-0.3, -0.25) is 0 Å². The molecule has 0 fully saturated rings. The van der Waals surface area contributed by atoms with Crippen molar-refractivity contribution in [3.8, 4) is 0 Å². The van der Waals surface area contributed by atoms with Gasteiger partial charge in [0.05, 0.1) is 11.7 Å². The Hall–Kier alpha value is -1.20. The Morgan fingerprint density at radius 3 is 1.42 bits per heavy atom. The molecule has 0 saturated heterocycles. The Kier molecular flexibility index (Phi) is 25.4. The standard InChI is InChI=1S/4C5H10O/c1-5(2)3-4-6;1-4-5(2,3)6;1-4(2)5(3)6;1-3-5(2)4-6/h6H,1,3-4H2,2H3;4,6H,1H2,2-3H3;5-6H,1H2,2-3H3;3,5-6H,1,4H2,2H3. The molecule has 0 aliphatic carbocycles. The van der Waals surface area contributed by atoms with Crippen molar-refractivity contribution in [3.63, 3.8) is 0 Å². The van der Waals surface area contributed by atoms with E-state index in [0.29, 0.717) is 0 Å². The van der Waals surface area contributed by atoms with E-state index in [4.69, 9.17) is 20.4 Å². The highest BCUT2D eigenvalue weighted by Gasteiger charge is 2.02. The fourth-order valence-electron chi connectivity index (χ4n) is 0.265. The van der Waals surface area contributed by atoms with E-state index in [9.17, 15) is 0 Å².